The second-order valence-corrected chi connectivity index (χ2v) is 7.30. The summed E-state index contributed by atoms with van der Waals surface area (Å²) in [4.78, 5) is 14.6. The first-order valence-electron chi connectivity index (χ1n) is 9.48. The third-order valence-electron chi connectivity index (χ3n) is 5.20. The number of carbonyl (C=O) groups is 1. The smallest absolute Gasteiger partial charge is 0.224 e. The van der Waals surface area contributed by atoms with E-state index in [1.54, 1.807) is 6.07 Å². The van der Waals surface area contributed by atoms with Crippen LogP contribution in [0.15, 0.2) is 53.1 Å². The van der Waals surface area contributed by atoms with Crippen molar-refractivity contribution in [1.82, 2.24) is 10.2 Å². The Hall–Kier alpha value is -2.70. The average Bonchev–Trinajstić information content (AvgIpc) is 3.27. The highest BCUT2D eigenvalue weighted by atomic mass is 19.1. The monoisotopic (exact) mass is 382 g/mol. The quantitative estimate of drug-likeness (QED) is 0.688. The minimum absolute atomic E-state index is 0.113. The maximum atomic E-state index is 13.3. The van der Waals surface area contributed by atoms with E-state index >= 15 is 0 Å². The Morgan fingerprint density at radius 3 is 2.82 bits per heavy atom. The Morgan fingerprint density at radius 1 is 1.21 bits per heavy atom. The Kier molecular flexibility index (Phi) is 5.41. The van der Waals surface area contributed by atoms with Gasteiger partial charge in [-0.3, -0.25) is 9.69 Å². The zero-order valence-electron chi connectivity index (χ0n) is 15.5. The Bertz CT molecular complexity index is 985. The summed E-state index contributed by atoms with van der Waals surface area (Å²) in [5.74, 6) is -0.474. The van der Waals surface area contributed by atoms with E-state index in [2.05, 4.69) is 16.3 Å². The van der Waals surface area contributed by atoms with Gasteiger partial charge in [0, 0.05) is 43.2 Å². The van der Waals surface area contributed by atoms with Gasteiger partial charge in [0.2, 0.25) is 5.91 Å². The van der Waals surface area contributed by atoms with Crippen LogP contribution in [0.4, 0.5) is 4.39 Å². The largest absolute Gasteiger partial charge is 0.464 e. The molecule has 2 heterocycles. The van der Waals surface area contributed by atoms with E-state index in [1.807, 2.05) is 18.2 Å². The number of hydrogen-bond acceptors (Lipinski definition) is 4. The highest BCUT2D eigenvalue weighted by Crippen LogP contribution is 2.22. The molecule has 0 saturated carbocycles. The molecule has 0 spiro atoms. The number of furan rings is 1. The van der Waals surface area contributed by atoms with Crippen LogP contribution in [0.1, 0.15) is 23.1 Å². The van der Waals surface area contributed by atoms with Crippen LogP contribution in [0.3, 0.4) is 0 Å². The molecule has 0 radical (unpaired) electrons. The summed E-state index contributed by atoms with van der Waals surface area (Å²) >= 11 is 0. The Labute approximate surface area is 162 Å². The third-order valence-corrected chi connectivity index (χ3v) is 5.20. The number of nitrogens with zero attached hydrogens (tertiary/aromatic N) is 1. The highest BCUT2D eigenvalue weighted by Gasteiger charge is 2.20. The van der Waals surface area contributed by atoms with Crippen LogP contribution in [-0.2, 0) is 24.3 Å². The van der Waals surface area contributed by atoms with E-state index in [4.69, 9.17) is 4.42 Å². The van der Waals surface area contributed by atoms with E-state index in [-0.39, 0.29) is 24.2 Å². The zero-order chi connectivity index (χ0) is 19.5. The van der Waals surface area contributed by atoms with Crippen LogP contribution < -0.4 is 5.32 Å². The molecule has 1 aromatic heterocycles. The van der Waals surface area contributed by atoms with E-state index < -0.39 is 0 Å². The normalized spacial score (nSPS) is 17.3. The van der Waals surface area contributed by atoms with Crippen LogP contribution in [-0.4, -0.2) is 35.1 Å². The third kappa shape index (κ3) is 4.24. The molecule has 28 heavy (non-hydrogen) atoms. The SMILES string of the molecule is O=C(Cc1coc2cc(F)ccc12)NCc1ccccc1CN1CCC(O)C1. The number of halogens is 1. The summed E-state index contributed by atoms with van der Waals surface area (Å²) in [7, 11) is 0. The van der Waals surface area contributed by atoms with Crippen molar-refractivity contribution >= 4 is 16.9 Å². The molecular formula is C22H23FN2O3. The average molecular weight is 382 g/mol. The van der Waals surface area contributed by atoms with Gasteiger partial charge < -0.3 is 14.8 Å². The fourth-order valence-corrected chi connectivity index (χ4v) is 3.70. The van der Waals surface area contributed by atoms with Gasteiger partial charge in [-0.05, 0) is 29.7 Å². The van der Waals surface area contributed by atoms with Crippen LogP contribution in [0, 0.1) is 5.82 Å². The summed E-state index contributed by atoms with van der Waals surface area (Å²) in [6, 6.07) is 12.3. The lowest BCUT2D eigenvalue weighted by Gasteiger charge is -2.18. The van der Waals surface area contributed by atoms with Crippen LogP contribution in [0.5, 0.6) is 0 Å². The van der Waals surface area contributed by atoms with Crippen LogP contribution in [0.25, 0.3) is 11.0 Å². The molecule has 0 aliphatic carbocycles. The van der Waals surface area contributed by atoms with Crippen LogP contribution >= 0.6 is 0 Å². The van der Waals surface area contributed by atoms with E-state index in [9.17, 15) is 14.3 Å². The first-order chi connectivity index (χ1) is 13.6. The minimum atomic E-state index is -0.361. The Morgan fingerprint density at radius 2 is 2.04 bits per heavy atom. The number of amides is 1. The van der Waals surface area contributed by atoms with Crippen molar-refractivity contribution in [3.05, 3.63) is 71.2 Å². The standard InChI is InChI=1S/C22H23FN2O3/c23-18-5-6-20-17(14-28-21(20)10-18)9-22(27)24-11-15-3-1-2-4-16(15)12-25-8-7-19(26)13-25/h1-6,10,14,19,26H,7-9,11-13H2,(H,24,27). The summed E-state index contributed by atoms with van der Waals surface area (Å²) in [6.07, 6.45) is 2.25. The zero-order valence-corrected chi connectivity index (χ0v) is 15.5. The van der Waals surface area contributed by atoms with E-state index in [0.717, 1.165) is 41.6 Å². The van der Waals surface area contributed by atoms with Gasteiger partial charge >= 0.3 is 0 Å². The van der Waals surface area contributed by atoms with Crippen molar-refractivity contribution in [3.63, 3.8) is 0 Å². The van der Waals surface area contributed by atoms with Gasteiger partial charge in [0.15, 0.2) is 0 Å². The lowest BCUT2D eigenvalue weighted by Crippen LogP contribution is -2.26. The molecule has 5 nitrogen and oxygen atoms in total. The molecule has 1 aliphatic rings. The number of rotatable bonds is 6. The highest BCUT2D eigenvalue weighted by molar-refractivity contribution is 5.87. The molecule has 1 amide bonds. The van der Waals surface area contributed by atoms with Gasteiger partial charge in [-0.1, -0.05) is 24.3 Å². The summed E-state index contributed by atoms with van der Waals surface area (Å²) in [5.41, 5.74) is 3.41. The van der Waals surface area contributed by atoms with Crippen LogP contribution in [0.2, 0.25) is 0 Å². The number of carbonyl (C=O) groups excluding carboxylic acids is 1. The number of hydrogen-bond donors (Lipinski definition) is 2. The number of nitrogens with one attached hydrogen (secondary N) is 1. The minimum Gasteiger partial charge on any atom is -0.464 e. The maximum absolute atomic E-state index is 13.3. The summed E-state index contributed by atoms with van der Waals surface area (Å²) < 4.78 is 18.6. The number of aliphatic hydroxyl groups is 1. The van der Waals surface area contributed by atoms with Crippen molar-refractivity contribution in [2.75, 3.05) is 13.1 Å². The van der Waals surface area contributed by atoms with Crippen molar-refractivity contribution in [3.8, 4) is 0 Å². The van der Waals surface area contributed by atoms with Gasteiger partial charge in [-0.15, -0.1) is 0 Å². The predicted octanol–water partition coefficient (Wildman–Crippen LogP) is 3.00. The van der Waals surface area contributed by atoms with Crippen molar-refractivity contribution in [2.24, 2.45) is 0 Å². The van der Waals surface area contributed by atoms with Gasteiger partial charge in [-0.25, -0.2) is 4.39 Å². The second kappa shape index (κ2) is 8.12. The van der Waals surface area contributed by atoms with Gasteiger partial charge in [0.25, 0.3) is 0 Å². The molecule has 3 aromatic rings. The van der Waals surface area contributed by atoms with Gasteiger partial charge in [-0.2, -0.15) is 0 Å². The lowest BCUT2D eigenvalue weighted by molar-refractivity contribution is -0.120. The molecule has 1 unspecified atom stereocenters. The maximum Gasteiger partial charge on any atom is 0.224 e. The summed E-state index contributed by atoms with van der Waals surface area (Å²) in [6.45, 7) is 2.78. The Balaban J connectivity index is 1.38. The molecular weight excluding hydrogens is 359 g/mol. The molecule has 4 rings (SSSR count). The second-order valence-electron chi connectivity index (χ2n) is 7.30. The number of aliphatic hydroxyl groups excluding tert-OH is 1. The van der Waals surface area contributed by atoms with Crippen molar-refractivity contribution in [2.45, 2.75) is 32.0 Å². The number of benzene rings is 2. The van der Waals surface area contributed by atoms with Gasteiger partial charge in [0.1, 0.15) is 11.4 Å². The lowest BCUT2D eigenvalue weighted by atomic mass is 10.1. The van der Waals surface area contributed by atoms with Crippen molar-refractivity contribution in [1.29, 1.82) is 0 Å². The molecule has 1 fully saturated rings. The molecule has 2 N–H and O–H groups in total. The fourth-order valence-electron chi connectivity index (χ4n) is 3.70. The number of likely N-dealkylation sites (tertiary alicyclic amines) is 1. The van der Waals surface area contributed by atoms with E-state index in [1.165, 1.54) is 18.4 Å². The molecule has 1 atom stereocenters. The van der Waals surface area contributed by atoms with E-state index in [0.29, 0.717) is 18.7 Å². The van der Waals surface area contributed by atoms with Crippen molar-refractivity contribution < 1.29 is 18.7 Å². The first-order valence-corrected chi connectivity index (χ1v) is 9.48. The first kappa shape index (κ1) is 18.7. The van der Waals surface area contributed by atoms with Gasteiger partial charge in [0.05, 0.1) is 18.8 Å². The molecule has 2 aromatic carbocycles. The summed E-state index contributed by atoms with van der Waals surface area (Å²) in [5, 5.41) is 13.4. The molecule has 1 aliphatic heterocycles. The fraction of sp³-hybridized carbons (Fsp3) is 0.318. The predicted molar refractivity (Wildman–Crippen MR) is 104 cm³/mol. The number of fused-ring (bicyclic) bond motifs is 1. The molecule has 6 heteroatoms. The topological polar surface area (TPSA) is 65.7 Å². The molecule has 146 valence electrons. The molecule has 1 saturated heterocycles. The number of β-amino-alcohol motifs (C(OH)–C–C–N with tert-alkyl or cyclic N) is 1. The molecule has 0 bridgehead atoms.